The minimum Gasteiger partial charge on any atom is -0.480 e. The molecule has 0 spiro atoms. The van der Waals surface area contributed by atoms with Crippen LogP contribution in [0.5, 0.6) is 0 Å². The minimum absolute atomic E-state index is 0.0730. The van der Waals surface area contributed by atoms with Crippen molar-refractivity contribution in [2.75, 3.05) is 5.32 Å². The van der Waals surface area contributed by atoms with E-state index in [4.69, 9.17) is 16.7 Å². The van der Waals surface area contributed by atoms with Crippen LogP contribution in [0.1, 0.15) is 5.82 Å². The van der Waals surface area contributed by atoms with Crippen molar-refractivity contribution in [3.63, 3.8) is 0 Å². The van der Waals surface area contributed by atoms with Gasteiger partial charge in [0.2, 0.25) is 0 Å². The van der Waals surface area contributed by atoms with Gasteiger partial charge in [-0.25, -0.2) is 9.97 Å². The molecule has 3 rings (SSSR count). The van der Waals surface area contributed by atoms with Gasteiger partial charge < -0.3 is 15.0 Å². The fourth-order valence-corrected chi connectivity index (χ4v) is 2.55. The average molecular weight is 348 g/mol. The van der Waals surface area contributed by atoms with Crippen LogP contribution in [0.25, 0.3) is 11.0 Å². The lowest BCUT2D eigenvalue weighted by atomic mass is 10.3. The van der Waals surface area contributed by atoms with Crippen LogP contribution in [-0.2, 0) is 24.9 Å². The maximum Gasteiger partial charge on any atom is 0.323 e. The number of carboxylic acid groups (broad SMARTS) is 1. The highest BCUT2D eigenvalue weighted by molar-refractivity contribution is 6.31. The van der Waals surface area contributed by atoms with Crippen molar-refractivity contribution in [1.29, 1.82) is 0 Å². The number of hydrogen-bond donors (Lipinski definition) is 2. The molecule has 0 unspecified atom stereocenters. The Hall–Kier alpha value is -2.87. The summed E-state index contributed by atoms with van der Waals surface area (Å²) in [7, 11) is 1.86. The lowest BCUT2D eigenvalue weighted by Crippen LogP contribution is -2.27. The van der Waals surface area contributed by atoms with Crippen molar-refractivity contribution < 1.29 is 9.90 Å². The van der Waals surface area contributed by atoms with Gasteiger partial charge in [0.15, 0.2) is 5.82 Å². The summed E-state index contributed by atoms with van der Waals surface area (Å²) in [6, 6.07) is 5.42. The predicted molar refractivity (Wildman–Crippen MR) is 89.2 cm³/mol. The van der Waals surface area contributed by atoms with Gasteiger partial charge in [0.25, 0.3) is 5.56 Å². The topological polar surface area (TPSA) is 102 Å². The zero-order valence-electron chi connectivity index (χ0n) is 12.7. The highest BCUT2D eigenvalue weighted by Crippen LogP contribution is 2.19. The Morgan fingerprint density at radius 3 is 2.96 bits per heavy atom. The van der Waals surface area contributed by atoms with E-state index in [1.807, 2.05) is 17.7 Å². The van der Waals surface area contributed by atoms with Gasteiger partial charge >= 0.3 is 5.97 Å². The van der Waals surface area contributed by atoms with Crippen LogP contribution >= 0.6 is 11.6 Å². The summed E-state index contributed by atoms with van der Waals surface area (Å²) in [5, 5.41) is 12.3. The third-order valence-corrected chi connectivity index (χ3v) is 3.80. The molecule has 1 aromatic carbocycles. The molecule has 0 aliphatic heterocycles. The number of anilines is 1. The molecule has 0 radical (unpaired) electrons. The third kappa shape index (κ3) is 3.09. The summed E-state index contributed by atoms with van der Waals surface area (Å²) in [6.07, 6.45) is 2.71. The molecule has 8 nitrogen and oxygen atoms in total. The van der Waals surface area contributed by atoms with E-state index in [2.05, 4.69) is 15.3 Å². The van der Waals surface area contributed by atoms with Crippen LogP contribution in [0.3, 0.4) is 0 Å². The Bertz CT molecular complexity index is 979. The summed E-state index contributed by atoms with van der Waals surface area (Å²) < 4.78 is 2.96. The standard InChI is InChI=1S/C15H14ClN5O3/c1-20-11-3-2-9(16)6-10(11)19-12(20)7-18-14-15(24)21(5-4-17-14)8-13(22)23/h2-6H,7-8H2,1H3,(H,17,18)(H,22,23). The van der Waals surface area contributed by atoms with Crippen LogP contribution in [0.15, 0.2) is 35.4 Å². The van der Waals surface area contributed by atoms with E-state index >= 15 is 0 Å². The minimum atomic E-state index is -1.10. The van der Waals surface area contributed by atoms with Crippen LogP contribution in [0.2, 0.25) is 5.02 Å². The molecule has 0 aliphatic rings. The Balaban J connectivity index is 1.85. The first-order valence-electron chi connectivity index (χ1n) is 7.07. The van der Waals surface area contributed by atoms with Crippen molar-refractivity contribution >= 4 is 34.4 Å². The molecular weight excluding hydrogens is 334 g/mol. The number of carboxylic acids is 1. The second kappa shape index (κ2) is 6.32. The van der Waals surface area contributed by atoms with E-state index in [0.29, 0.717) is 10.8 Å². The van der Waals surface area contributed by atoms with Gasteiger partial charge in [-0.2, -0.15) is 0 Å². The zero-order valence-corrected chi connectivity index (χ0v) is 13.5. The van der Waals surface area contributed by atoms with Crippen molar-refractivity contribution in [2.24, 2.45) is 7.05 Å². The molecule has 124 valence electrons. The molecule has 2 aromatic heterocycles. The van der Waals surface area contributed by atoms with Crippen molar-refractivity contribution in [3.05, 3.63) is 51.8 Å². The van der Waals surface area contributed by atoms with Gasteiger partial charge in [-0.05, 0) is 18.2 Å². The molecule has 0 aliphatic carbocycles. The van der Waals surface area contributed by atoms with Gasteiger partial charge in [-0.15, -0.1) is 0 Å². The highest BCUT2D eigenvalue weighted by atomic mass is 35.5. The molecule has 0 amide bonds. The van der Waals surface area contributed by atoms with E-state index < -0.39 is 18.1 Å². The van der Waals surface area contributed by atoms with Crippen LogP contribution < -0.4 is 10.9 Å². The highest BCUT2D eigenvalue weighted by Gasteiger charge is 2.11. The number of nitrogens with one attached hydrogen (secondary N) is 1. The summed E-state index contributed by atoms with van der Waals surface area (Å²) in [6.45, 7) is -0.150. The summed E-state index contributed by atoms with van der Waals surface area (Å²) >= 11 is 5.97. The maximum absolute atomic E-state index is 12.2. The van der Waals surface area contributed by atoms with Gasteiger partial charge in [0.1, 0.15) is 12.4 Å². The molecule has 24 heavy (non-hydrogen) atoms. The van der Waals surface area contributed by atoms with Crippen molar-refractivity contribution in [1.82, 2.24) is 19.1 Å². The van der Waals surface area contributed by atoms with Gasteiger partial charge in [-0.1, -0.05) is 11.6 Å². The van der Waals surface area contributed by atoms with E-state index in [0.717, 1.165) is 15.6 Å². The summed E-state index contributed by atoms with van der Waals surface area (Å²) in [5.41, 5.74) is 1.17. The van der Waals surface area contributed by atoms with Crippen LogP contribution in [0.4, 0.5) is 5.82 Å². The molecule has 0 atom stereocenters. The van der Waals surface area contributed by atoms with E-state index in [1.54, 1.807) is 12.1 Å². The Labute approximate surface area is 141 Å². The lowest BCUT2D eigenvalue weighted by Gasteiger charge is -2.07. The first kappa shape index (κ1) is 16.0. The molecule has 3 aromatic rings. The number of nitrogens with zero attached hydrogens (tertiary/aromatic N) is 4. The Morgan fingerprint density at radius 1 is 1.42 bits per heavy atom. The fraction of sp³-hybridized carbons (Fsp3) is 0.200. The number of aryl methyl sites for hydroxylation is 1. The quantitative estimate of drug-likeness (QED) is 0.724. The van der Waals surface area contributed by atoms with Gasteiger partial charge in [-0.3, -0.25) is 14.2 Å². The van der Waals surface area contributed by atoms with E-state index in [9.17, 15) is 9.59 Å². The molecule has 2 N–H and O–H groups in total. The van der Waals surface area contributed by atoms with Crippen LogP contribution in [-0.4, -0.2) is 30.2 Å². The summed E-state index contributed by atoms with van der Waals surface area (Å²) in [4.78, 5) is 31.4. The van der Waals surface area contributed by atoms with Crippen molar-refractivity contribution in [3.8, 4) is 0 Å². The zero-order chi connectivity index (χ0) is 17.3. The number of hydrogen-bond acceptors (Lipinski definition) is 5. The number of aromatic nitrogens is 4. The number of imidazole rings is 1. The Morgan fingerprint density at radius 2 is 2.21 bits per heavy atom. The van der Waals surface area contributed by atoms with E-state index in [1.165, 1.54) is 12.4 Å². The number of rotatable bonds is 5. The Kier molecular flexibility index (Phi) is 4.22. The van der Waals surface area contributed by atoms with Crippen LogP contribution in [0, 0.1) is 0 Å². The molecule has 0 saturated heterocycles. The number of benzene rings is 1. The second-order valence-corrected chi connectivity index (χ2v) is 5.61. The van der Waals surface area contributed by atoms with Crippen molar-refractivity contribution in [2.45, 2.75) is 13.1 Å². The average Bonchev–Trinajstić information content (AvgIpc) is 2.83. The van der Waals surface area contributed by atoms with Gasteiger partial charge in [0.05, 0.1) is 17.6 Å². The fourth-order valence-electron chi connectivity index (χ4n) is 2.38. The summed E-state index contributed by atoms with van der Waals surface area (Å²) in [5.74, 6) is -0.326. The smallest absolute Gasteiger partial charge is 0.323 e. The first-order chi connectivity index (χ1) is 11.5. The number of aliphatic carboxylic acids is 1. The maximum atomic E-state index is 12.2. The number of carbonyl (C=O) groups is 1. The third-order valence-electron chi connectivity index (χ3n) is 3.57. The number of halogens is 1. The molecule has 0 bridgehead atoms. The predicted octanol–water partition coefficient (Wildman–Crippen LogP) is 1.48. The SMILES string of the molecule is Cn1c(CNc2nccn(CC(=O)O)c2=O)nc2cc(Cl)ccc21. The first-order valence-corrected chi connectivity index (χ1v) is 7.45. The molecule has 0 saturated carbocycles. The normalized spacial score (nSPS) is 10.9. The monoisotopic (exact) mass is 347 g/mol. The molecule has 0 fully saturated rings. The van der Waals surface area contributed by atoms with Gasteiger partial charge in [0, 0.05) is 24.5 Å². The largest absolute Gasteiger partial charge is 0.480 e. The second-order valence-electron chi connectivity index (χ2n) is 5.18. The molecule has 9 heteroatoms. The van der Waals surface area contributed by atoms with E-state index in [-0.39, 0.29) is 12.4 Å². The number of fused-ring (bicyclic) bond motifs is 1. The molecular formula is C15H14ClN5O3. The lowest BCUT2D eigenvalue weighted by molar-refractivity contribution is -0.137. The molecule has 2 heterocycles.